The maximum Gasteiger partial charge on any atom is 0.129 e. The molecule has 0 aliphatic rings. The standard InChI is InChI=1S/C11H22O.C2H4O/c1-3-4-5-6-7-8-9-10-11(2)12;1-2-3/h3-10H2,1-2H3;2H,1H3. The zero-order chi connectivity index (χ0) is 11.9. The second kappa shape index (κ2) is 15.8. The van der Waals surface area contributed by atoms with Gasteiger partial charge in [-0.2, -0.15) is 0 Å². The second-order valence-electron chi connectivity index (χ2n) is 3.81. The van der Waals surface area contributed by atoms with E-state index in [0.717, 1.165) is 19.1 Å². The number of hydrogen-bond donors (Lipinski definition) is 0. The largest absolute Gasteiger partial charge is 0.304 e. The third-order valence-corrected chi connectivity index (χ3v) is 2.13. The van der Waals surface area contributed by atoms with E-state index in [0.29, 0.717) is 5.78 Å². The first-order valence-electron chi connectivity index (χ1n) is 6.08. The van der Waals surface area contributed by atoms with Crippen LogP contribution in [0.2, 0.25) is 0 Å². The number of rotatable bonds is 8. The first kappa shape index (κ1) is 16.8. The van der Waals surface area contributed by atoms with Gasteiger partial charge in [-0.15, -0.1) is 0 Å². The fraction of sp³-hybridized carbons (Fsp3) is 0.846. The van der Waals surface area contributed by atoms with Crippen molar-refractivity contribution in [2.45, 2.75) is 72.1 Å². The number of unbranched alkanes of at least 4 members (excludes halogenated alkanes) is 6. The molecule has 90 valence electrons. The van der Waals surface area contributed by atoms with E-state index in [2.05, 4.69) is 6.92 Å². The lowest BCUT2D eigenvalue weighted by Gasteiger charge is -1.98. The highest BCUT2D eigenvalue weighted by Gasteiger charge is 1.93. The predicted octanol–water partition coefficient (Wildman–Crippen LogP) is 3.92. The lowest BCUT2D eigenvalue weighted by molar-refractivity contribution is -0.117. The molecule has 0 heterocycles. The lowest BCUT2D eigenvalue weighted by Crippen LogP contribution is -1.89. The quantitative estimate of drug-likeness (QED) is 0.453. The van der Waals surface area contributed by atoms with Crippen molar-refractivity contribution in [2.24, 2.45) is 0 Å². The average molecular weight is 214 g/mol. The van der Waals surface area contributed by atoms with Gasteiger partial charge in [-0.1, -0.05) is 45.4 Å². The molecule has 2 nitrogen and oxygen atoms in total. The minimum absolute atomic E-state index is 0.337. The molecule has 2 heteroatoms. The Balaban J connectivity index is 0. The van der Waals surface area contributed by atoms with Gasteiger partial charge in [-0.25, -0.2) is 0 Å². The molecule has 0 saturated carbocycles. The Morgan fingerprint density at radius 2 is 1.40 bits per heavy atom. The molecule has 0 aromatic heterocycles. The Hall–Kier alpha value is -0.660. The molecular formula is C13H26O2. The van der Waals surface area contributed by atoms with Gasteiger partial charge in [0.1, 0.15) is 12.1 Å². The molecule has 0 aromatic carbocycles. The van der Waals surface area contributed by atoms with E-state index in [4.69, 9.17) is 4.79 Å². The lowest BCUT2D eigenvalue weighted by atomic mass is 10.1. The van der Waals surface area contributed by atoms with Crippen LogP contribution in [0.4, 0.5) is 0 Å². The maximum absolute atomic E-state index is 10.6. The van der Waals surface area contributed by atoms with Crippen molar-refractivity contribution in [3.8, 4) is 0 Å². The molecule has 0 fully saturated rings. The molecule has 0 radical (unpaired) electrons. The van der Waals surface area contributed by atoms with Gasteiger partial charge < -0.3 is 9.59 Å². The van der Waals surface area contributed by atoms with Crippen LogP contribution in [0.1, 0.15) is 72.1 Å². The van der Waals surface area contributed by atoms with Crippen molar-refractivity contribution in [1.29, 1.82) is 0 Å². The smallest absolute Gasteiger partial charge is 0.129 e. The normalized spacial score (nSPS) is 9.00. The number of ketones is 1. The predicted molar refractivity (Wildman–Crippen MR) is 65.0 cm³/mol. The Kier molecular flexibility index (Phi) is 17.6. The number of carbonyl (C=O) groups excluding carboxylic acids is 2. The zero-order valence-corrected chi connectivity index (χ0v) is 10.6. The molecule has 0 saturated heterocycles. The fourth-order valence-electron chi connectivity index (χ4n) is 1.33. The Labute approximate surface area is 94.4 Å². The number of Topliss-reactive ketones (excluding diaryl/α,β-unsaturated/α-hetero) is 1. The van der Waals surface area contributed by atoms with Gasteiger partial charge in [-0.3, -0.25) is 0 Å². The summed E-state index contributed by atoms with van der Waals surface area (Å²) in [6, 6.07) is 0. The van der Waals surface area contributed by atoms with Crippen molar-refractivity contribution in [2.75, 3.05) is 0 Å². The Bertz CT molecular complexity index is 141. The van der Waals surface area contributed by atoms with Crippen LogP contribution >= 0.6 is 0 Å². The van der Waals surface area contributed by atoms with Crippen molar-refractivity contribution < 1.29 is 9.59 Å². The van der Waals surface area contributed by atoms with E-state index in [1.54, 1.807) is 6.92 Å². The summed E-state index contributed by atoms with van der Waals surface area (Å²) in [7, 11) is 0. The zero-order valence-electron chi connectivity index (χ0n) is 10.6. The summed E-state index contributed by atoms with van der Waals surface area (Å²) in [5.41, 5.74) is 0. The van der Waals surface area contributed by atoms with Crippen LogP contribution in [0, 0.1) is 0 Å². The molecule has 0 aromatic rings. The van der Waals surface area contributed by atoms with E-state index in [-0.39, 0.29) is 0 Å². The molecule has 15 heavy (non-hydrogen) atoms. The molecule has 0 aliphatic carbocycles. The number of carbonyl (C=O) groups is 2. The number of hydrogen-bond acceptors (Lipinski definition) is 2. The van der Waals surface area contributed by atoms with Crippen molar-refractivity contribution >= 4 is 12.1 Å². The van der Waals surface area contributed by atoms with Gasteiger partial charge in [0.15, 0.2) is 0 Å². The van der Waals surface area contributed by atoms with Crippen molar-refractivity contribution in [3.63, 3.8) is 0 Å². The van der Waals surface area contributed by atoms with Crippen LogP contribution in [0.5, 0.6) is 0 Å². The summed E-state index contributed by atoms with van der Waals surface area (Å²) < 4.78 is 0. The first-order chi connectivity index (χ1) is 7.18. The van der Waals surface area contributed by atoms with Crippen LogP contribution in [-0.2, 0) is 9.59 Å². The molecule has 0 unspecified atom stereocenters. The SMILES string of the molecule is CC=O.CCCCCCCCCC(C)=O. The van der Waals surface area contributed by atoms with E-state index in [1.165, 1.54) is 45.4 Å². The van der Waals surface area contributed by atoms with E-state index in [9.17, 15) is 4.79 Å². The van der Waals surface area contributed by atoms with Crippen molar-refractivity contribution in [3.05, 3.63) is 0 Å². The highest BCUT2D eigenvalue weighted by molar-refractivity contribution is 5.75. The highest BCUT2D eigenvalue weighted by atomic mass is 16.1. The van der Waals surface area contributed by atoms with Gasteiger partial charge in [0, 0.05) is 6.42 Å². The van der Waals surface area contributed by atoms with Crippen LogP contribution in [-0.4, -0.2) is 12.1 Å². The monoisotopic (exact) mass is 214 g/mol. The summed E-state index contributed by atoms with van der Waals surface area (Å²) in [6.45, 7) is 5.35. The van der Waals surface area contributed by atoms with Crippen LogP contribution < -0.4 is 0 Å². The molecule has 0 bridgehead atoms. The summed E-state index contributed by atoms with van der Waals surface area (Å²) in [5.74, 6) is 0.337. The minimum atomic E-state index is 0.337. The third kappa shape index (κ3) is 24.7. The molecule has 0 amide bonds. The van der Waals surface area contributed by atoms with Crippen LogP contribution in [0.25, 0.3) is 0 Å². The highest BCUT2D eigenvalue weighted by Crippen LogP contribution is 2.08. The van der Waals surface area contributed by atoms with Crippen LogP contribution in [0.3, 0.4) is 0 Å². The van der Waals surface area contributed by atoms with E-state index >= 15 is 0 Å². The van der Waals surface area contributed by atoms with E-state index in [1.807, 2.05) is 0 Å². The Morgan fingerprint density at radius 1 is 1.00 bits per heavy atom. The topological polar surface area (TPSA) is 34.1 Å². The van der Waals surface area contributed by atoms with Crippen LogP contribution in [0.15, 0.2) is 0 Å². The summed E-state index contributed by atoms with van der Waals surface area (Å²) in [6.07, 6.45) is 10.6. The average Bonchev–Trinajstić information content (AvgIpc) is 2.17. The van der Waals surface area contributed by atoms with Crippen molar-refractivity contribution in [1.82, 2.24) is 0 Å². The minimum Gasteiger partial charge on any atom is -0.304 e. The molecule has 0 aliphatic heterocycles. The van der Waals surface area contributed by atoms with E-state index < -0.39 is 0 Å². The molecular weight excluding hydrogens is 188 g/mol. The molecule has 0 spiro atoms. The first-order valence-corrected chi connectivity index (χ1v) is 6.08. The van der Waals surface area contributed by atoms with Gasteiger partial charge >= 0.3 is 0 Å². The molecule has 0 N–H and O–H groups in total. The molecule has 0 rings (SSSR count). The third-order valence-electron chi connectivity index (χ3n) is 2.13. The van der Waals surface area contributed by atoms with Gasteiger partial charge in [0.25, 0.3) is 0 Å². The maximum atomic E-state index is 10.6. The number of aldehydes is 1. The molecule has 0 atom stereocenters. The fourth-order valence-corrected chi connectivity index (χ4v) is 1.33. The summed E-state index contributed by atoms with van der Waals surface area (Å²) in [5, 5.41) is 0. The summed E-state index contributed by atoms with van der Waals surface area (Å²) in [4.78, 5) is 19.4. The Morgan fingerprint density at radius 3 is 1.80 bits per heavy atom. The van der Waals surface area contributed by atoms with Gasteiger partial charge in [0.05, 0.1) is 0 Å². The van der Waals surface area contributed by atoms with Gasteiger partial charge in [-0.05, 0) is 20.3 Å². The summed E-state index contributed by atoms with van der Waals surface area (Å²) >= 11 is 0. The van der Waals surface area contributed by atoms with Gasteiger partial charge in [0.2, 0.25) is 0 Å². The second-order valence-corrected chi connectivity index (χ2v) is 3.81.